The molecule has 1 aliphatic heterocycles. The second-order valence-electron chi connectivity index (χ2n) is 8.42. The van der Waals surface area contributed by atoms with E-state index in [4.69, 9.17) is 14.1 Å². The molecule has 34 heavy (non-hydrogen) atoms. The number of amidine groups is 1. The van der Waals surface area contributed by atoms with Gasteiger partial charge >= 0.3 is 5.97 Å². The van der Waals surface area contributed by atoms with Gasteiger partial charge in [0.2, 0.25) is 0 Å². The van der Waals surface area contributed by atoms with Crippen molar-refractivity contribution in [3.63, 3.8) is 0 Å². The van der Waals surface area contributed by atoms with Crippen LogP contribution in [-0.2, 0) is 9.53 Å². The van der Waals surface area contributed by atoms with E-state index in [2.05, 4.69) is 13.8 Å². The highest BCUT2D eigenvalue weighted by Gasteiger charge is 2.34. The van der Waals surface area contributed by atoms with Gasteiger partial charge in [0.15, 0.2) is 5.17 Å². The lowest BCUT2D eigenvalue weighted by Crippen LogP contribution is -2.32. The van der Waals surface area contributed by atoms with Crippen LogP contribution in [0.4, 0.5) is 5.69 Å². The Kier molecular flexibility index (Phi) is 7.03. The molecule has 174 valence electrons. The summed E-state index contributed by atoms with van der Waals surface area (Å²) in [6.07, 6.45) is 1.75. The Morgan fingerprint density at radius 1 is 1.09 bits per heavy atom. The van der Waals surface area contributed by atoms with Gasteiger partial charge in [0.25, 0.3) is 5.91 Å². The Labute approximate surface area is 203 Å². The van der Waals surface area contributed by atoms with Crippen molar-refractivity contribution in [2.45, 2.75) is 20.8 Å². The smallest absolute Gasteiger partial charge is 0.337 e. The van der Waals surface area contributed by atoms with Gasteiger partial charge in [0.1, 0.15) is 11.5 Å². The van der Waals surface area contributed by atoms with Crippen molar-refractivity contribution < 1.29 is 18.7 Å². The summed E-state index contributed by atoms with van der Waals surface area (Å²) in [5, 5.41) is 0.666. The highest BCUT2D eigenvalue weighted by Crippen LogP contribution is 2.35. The number of amides is 1. The van der Waals surface area contributed by atoms with Crippen LogP contribution >= 0.6 is 11.8 Å². The lowest BCUT2D eigenvalue weighted by molar-refractivity contribution is -0.122. The topological polar surface area (TPSA) is 72.1 Å². The predicted molar refractivity (Wildman–Crippen MR) is 136 cm³/mol. The van der Waals surface area contributed by atoms with Crippen molar-refractivity contribution >= 4 is 40.6 Å². The van der Waals surface area contributed by atoms with E-state index in [1.807, 2.05) is 43.3 Å². The van der Waals surface area contributed by atoms with E-state index in [1.165, 1.54) is 18.9 Å². The van der Waals surface area contributed by atoms with E-state index in [0.717, 1.165) is 16.8 Å². The molecule has 0 bridgehead atoms. The molecule has 1 aliphatic rings. The number of aliphatic imine (C=N–C) groups is 1. The number of aryl methyl sites for hydroxylation is 1. The lowest BCUT2D eigenvalue weighted by atomic mass is 10.1. The molecule has 1 fully saturated rings. The number of ether oxygens (including phenoxy) is 1. The molecule has 7 heteroatoms. The third-order valence-electron chi connectivity index (χ3n) is 5.19. The van der Waals surface area contributed by atoms with Crippen molar-refractivity contribution in [2.24, 2.45) is 10.9 Å². The minimum Gasteiger partial charge on any atom is -0.465 e. The van der Waals surface area contributed by atoms with E-state index in [1.54, 1.807) is 35.2 Å². The van der Waals surface area contributed by atoms with E-state index < -0.39 is 0 Å². The third kappa shape index (κ3) is 5.31. The van der Waals surface area contributed by atoms with Gasteiger partial charge in [-0.25, -0.2) is 9.79 Å². The maximum atomic E-state index is 13.2. The fourth-order valence-electron chi connectivity index (χ4n) is 3.45. The standard InChI is InChI=1S/C27H26N2O4S/c1-17(2)16-29-25(30)24(34-27(29)28-21-11-5-18(3)6-12-21)15-22-13-14-23(33-22)19-7-9-20(10-8-19)26(31)32-4/h5-15,17H,16H2,1-4H3/b24-15+,28-27?. The van der Waals surface area contributed by atoms with E-state index >= 15 is 0 Å². The van der Waals surface area contributed by atoms with Crippen molar-refractivity contribution in [1.82, 2.24) is 4.90 Å². The van der Waals surface area contributed by atoms with Gasteiger partial charge in [0, 0.05) is 18.2 Å². The molecule has 3 aromatic rings. The SMILES string of the molecule is COC(=O)c1ccc(-c2ccc(/C=C3/SC(=Nc4ccc(C)cc4)N(CC(C)C)C3=O)o2)cc1. The largest absolute Gasteiger partial charge is 0.465 e. The Balaban J connectivity index is 1.59. The van der Waals surface area contributed by atoms with Gasteiger partial charge in [-0.2, -0.15) is 0 Å². The number of furan rings is 1. The fourth-order valence-corrected chi connectivity index (χ4v) is 4.44. The van der Waals surface area contributed by atoms with Gasteiger partial charge in [0.05, 0.1) is 23.3 Å². The summed E-state index contributed by atoms with van der Waals surface area (Å²) >= 11 is 1.35. The van der Waals surface area contributed by atoms with Crippen molar-refractivity contribution in [2.75, 3.05) is 13.7 Å². The summed E-state index contributed by atoms with van der Waals surface area (Å²) in [5.41, 5.74) is 3.27. The average Bonchev–Trinajstić information content (AvgIpc) is 3.40. The molecule has 4 rings (SSSR count). The predicted octanol–water partition coefficient (Wildman–Crippen LogP) is 6.30. The molecular weight excluding hydrogens is 448 g/mol. The van der Waals surface area contributed by atoms with Gasteiger partial charge in [-0.05, 0) is 61.0 Å². The minimum absolute atomic E-state index is 0.0788. The minimum atomic E-state index is -0.387. The molecular formula is C27H26N2O4S. The zero-order chi connectivity index (χ0) is 24.2. The summed E-state index contributed by atoms with van der Waals surface area (Å²) in [6.45, 7) is 6.77. The van der Waals surface area contributed by atoms with E-state index in [0.29, 0.717) is 39.6 Å². The van der Waals surface area contributed by atoms with Crippen molar-refractivity contribution in [1.29, 1.82) is 0 Å². The molecule has 2 aromatic carbocycles. The van der Waals surface area contributed by atoms with Gasteiger partial charge in [-0.1, -0.05) is 43.7 Å². The molecule has 0 spiro atoms. The number of thioether (sulfide) groups is 1. The highest BCUT2D eigenvalue weighted by molar-refractivity contribution is 8.18. The van der Waals surface area contributed by atoms with Crippen LogP contribution in [0.2, 0.25) is 0 Å². The number of carbonyl (C=O) groups excluding carboxylic acids is 2. The Hall–Kier alpha value is -3.58. The van der Waals surface area contributed by atoms with E-state index in [-0.39, 0.29) is 11.9 Å². The van der Waals surface area contributed by atoms with Crippen LogP contribution in [0.1, 0.15) is 35.5 Å². The fraction of sp³-hybridized carbons (Fsp3) is 0.222. The summed E-state index contributed by atoms with van der Waals surface area (Å²) in [6, 6.07) is 18.6. The monoisotopic (exact) mass is 474 g/mol. The Bertz CT molecular complexity index is 1250. The summed E-state index contributed by atoms with van der Waals surface area (Å²) < 4.78 is 10.7. The zero-order valence-electron chi connectivity index (χ0n) is 19.6. The lowest BCUT2D eigenvalue weighted by Gasteiger charge is -2.17. The van der Waals surface area contributed by atoms with Crippen LogP contribution in [0.25, 0.3) is 17.4 Å². The molecule has 6 nitrogen and oxygen atoms in total. The quantitative estimate of drug-likeness (QED) is 0.310. The number of rotatable bonds is 6. The van der Waals surface area contributed by atoms with Crippen molar-refractivity contribution in [3.8, 4) is 11.3 Å². The van der Waals surface area contributed by atoms with Crippen LogP contribution in [0.15, 0.2) is 75.0 Å². The first-order valence-corrected chi connectivity index (χ1v) is 11.8. The molecule has 0 radical (unpaired) electrons. The maximum absolute atomic E-state index is 13.2. The third-order valence-corrected chi connectivity index (χ3v) is 6.19. The first-order chi connectivity index (χ1) is 16.3. The number of carbonyl (C=O) groups is 2. The molecule has 2 heterocycles. The van der Waals surface area contributed by atoms with Crippen LogP contribution < -0.4 is 0 Å². The van der Waals surface area contributed by atoms with Gasteiger partial charge in [-0.3, -0.25) is 9.69 Å². The second kappa shape index (κ2) is 10.1. The number of benzene rings is 2. The normalized spacial score (nSPS) is 16.1. The van der Waals surface area contributed by atoms with E-state index in [9.17, 15) is 9.59 Å². The Morgan fingerprint density at radius 2 is 1.79 bits per heavy atom. The number of nitrogens with zero attached hydrogens (tertiary/aromatic N) is 2. The molecule has 0 atom stereocenters. The molecule has 0 N–H and O–H groups in total. The number of hydrogen-bond donors (Lipinski definition) is 0. The number of esters is 1. The average molecular weight is 475 g/mol. The van der Waals surface area contributed by atoms with Crippen molar-refractivity contribution in [3.05, 3.63) is 82.5 Å². The second-order valence-corrected chi connectivity index (χ2v) is 9.43. The molecule has 1 aromatic heterocycles. The first-order valence-electron chi connectivity index (χ1n) is 11.0. The molecule has 0 unspecified atom stereocenters. The number of methoxy groups -OCH3 is 1. The van der Waals surface area contributed by atoms with Gasteiger partial charge < -0.3 is 9.15 Å². The molecule has 1 saturated heterocycles. The summed E-state index contributed by atoms with van der Waals surface area (Å²) in [5.74, 6) is 1.05. The van der Waals surface area contributed by atoms with Crippen LogP contribution in [0, 0.1) is 12.8 Å². The molecule has 0 saturated carbocycles. The van der Waals surface area contributed by atoms with Crippen LogP contribution in [-0.4, -0.2) is 35.6 Å². The number of hydrogen-bond acceptors (Lipinski definition) is 6. The molecule has 0 aliphatic carbocycles. The van der Waals surface area contributed by atoms with Gasteiger partial charge in [-0.15, -0.1) is 0 Å². The Morgan fingerprint density at radius 3 is 2.44 bits per heavy atom. The first kappa shape index (κ1) is 23.6. The molecule has 1 amide bonds. The van der Waals surface area contributed by atoms with Crippen LogP contribution in [0.3, 0.4) is 0 Å². The highest BCUT2D eigenvalue weighted by atomic mass is 32.2. The summed E-state index contributed by atoms with van der Waals surface area (Å²) in [7, 11) is 1.35. The summed E-state index contributed by atoms with van der Waals surface area (Å²) in [4.78, 5) is 31.8. The zero-order valence-corrected chi connectivity index (χ0v) is 20.4. The maximum Gasteiger partial charge on any atom is 0.337 e. The van der Waals surface area contributed by atoms with Crippen LogP contribution in [0.5, 0.6) is 0 Å².